The van der Waals surface area contributed by atoms with Gasteiger partial charge in [-0.25, -0.2) is 0 Å². The van der Waals surface area contributed by atoms with Gasteiger partial charge in [-0.1, -0.05) is 0 Å². The minimum Gasteiger partial charge on any atom is -1.00 e. The molecule has 68 valence electrons. The Bertz CT molecular complexity index is 47.6. The van der Waals surface area contributed by atoms with Crippen molar-refractivity contribution in [1.82, 2.24) is 0 Å². The van der Waals surface area contributed by atoms with E-state index >= 15 is 0 Å². The van der Waals surface area contributed by atoms with Crippen LogP contribution in [0.1, 0.15) is 9.78 Å². The maximum atomic E-state index is 8.07. The predicted molar refractivity (Wildman–Crippen MR) is 45.7 cm³/mol. The topological polar surface area (TPSA) is 69.9 Å². The number of hydrogen-bond acceptors (Lipinski definition) is 4. The Morgan fingerprint density at radius 1 is 1.09 bits per heavy atom. The van der Waals surface area contributed by atoms with Gasteiger partial charge >= 0.3 is 48.9 Å². The van der Waals surface area contributed by atoms with E-state index in [2.05, 4.69) is 0 Å². The number of aliphatic hydroxyl groups is 3. The summed E-state index contributed by atoms with van der Waals surface area (Å²) in [5, 5.41) is 23.3. The zero-order chi connectivity index (χ0) is 8.24. The van der Waals surface area contributed by atoms with Gasteiger partial charge in [0.2, 0.25) is 0 Å². The van der Waals surface area contributed by atoms with Gasteiger partial charge in [0, 0.05) is 6.61 Å². The molecule has 0 saturated carbocycles. The summed E-state index contributed by atoms with van der Waals surface area (Å²) in [5.41, 5.74) is 0. The van der Waals surface area contributed by atoms with Crippen LogP contribution >= 0.6 is 0 Å². The maximum absolute atomic E-state index is 8.07. The van der Waals surface area contributed by atoms with Crippen molar-refractivity contribution in [1.29, 1.82) is 0 Å². The van der Waals surface area contributed by atoms with Gasteiger partial charge in [0.05, 0.1) is 26.4 Å². The molecular formula is C6H18BaO4. The molecule has 0 aromatic rings. The summed E-state index contributed by atoms with van der Waals surface area (Å²) in [6, 6.07) is 0. The molecule has 0 heterocycles. The molecule has 0 spiro atoms. The largest absolute Gasteiger partial charge is 2.00 e. The van der Waals surface area contributed by atoms with E-state index in [0.29, 0.717) is 13.2 Å². The van der Waals surface area contributed by atoms with Crippen LogP contribution in [0.3, 0.4) is 0 Å². The molecule has 0 aromatic carbocycles. The molecular weight excluding hydrogens is 273 g/mol. The molecule has 0 amide bonds. The molecule has 3 N–H and O–H groups in total. The van der Waals surface area contributed by atoms with Gasteiger partial charge in [-0.05, 0) is 6.92 Å². The third kappa shape index (κ3) is 34.5. The van der Waals surface area contributed by atoms with Crippen molar-refractivity contribution in [3.8, 4) is 0 Å². The van der Waals surface area contributed by atoms with Crippen LogP contribution in [0.4, 0.5) is 0 Å². The standard InChI is InChI=1S/C4H10O2.C2H6O2.Ba.2H/c1-2-6-4-3-5;3-1-2-4;;;/h5H,2-4H2,1H3;3-4H,1-2H2;;;/q;;+2;2*-1. The van der Waals surface area contributed by atoms with Crippen molar-refractivity contribution in [2.75, 3.05) is 33.0 Å². The van der Waals surface area contributed by atoms with Crippen molar-refractivity contribution >= 4 is 48.9 Å². The number of aliphatic hydroxyl groups excluding tert-OH is 3. The Hall–Kier alpha value is 1.41. The van der Waals surface area contributed by atoms with Crippen LogP contribution in [0.5, 0.6) is 0 Å². The third-order valence-corrected chi connectivity index (χ3v) is 0.540. The molecule has 4 nitrogen and oxygen atoms in total. The van der Waals surface area contributed by atoms with Gasteiger partial charge in [0.15, 0.2) is 0 Å². The number of ether oxygens (including phenoxy) is 1. The van der Waals surface area contributed by atoms with Crippen molar-refractivity contribution in [3.63, 3.8) is 0 Å². The van der Waals surface area contributed by atoms with Gasteiger partial charge in [0.1, 0.15) is 0 Å². The first kappa shape index (κ1) is 18.2. The summed E-state index contributed by atoms with van der Waals surface area (Å²) >= 11 is 0. The fourth-order valence-electron chi connectivity index (χ4n) is 0.209. The quantitative estimate of drug-likeness (QED) is 0.451. The molecule has 0 aliphatic heterocycles. The van der Waals surface area contributed by atoms with Gasteiger partial charge < -0.3 is 22.9 Å². The van der Waals surface area contributed by atoms with E-state index < -0.39 is 0 Å². The van der Waals surface area contributed by atoms with Gasteiger partial charge in [-0.2, -0.15) is 0 Å². The van der Waals surface area contributed by atoms with Crippen LogP contribution in [-0.4, -0.2) is 97.2 Å². The van der Waals surface area contributed by atoms with Crippen LogP contribution in [-0.2, 0) is 4.74 Å². The molecule has 5 heteroatoms. The van der Waals surface area contributed by atoms with Crippen molar-refractivity contribution in [3.05, 3.63) is 0 Å². The molecule has 0 bridgehead atoms. The maximum Gasteiger partial charge on any atom is 2.00 e. The van der Waals surface area contributed by atoms with E-state index in [1.165, 1.54) is 0 Å². The Balaban J connectivity index is -0.0000000279. The zero-order valence-electron chi connectivity index (χ0n) is 8.99. The summed E-state index contributed by atoms with van der Waals surface area (Å²) in [4.78, 5) is 0. The monoisotopic (exact) mass is 292 g/mol. The van der Waals surface area contributed by atoms with Crippen LogP contribution < -0.4 is 0 Å². The Morgan fingerprint density at radius 3 is 1.64 bits per heavy atom. The van der Waals surface area contributed by atoms with Gasteiger partial charge in [-0.15, -0.1) is 0 Å². The summed E-state index contributed by atoms with van der Waals surface area (Å²) in [7, 11) is 0. The fourth-order valence-corrected chi connectivity index (χ4v) is 0.209. The van der Waals surface area contributed by atoms with Crippen molar-refractivity contribution in [2.24, 2.45) is 0 Å². The normalized spacial score (nSPS) is 7.64. The third-order valence-electron chi connectivity index (χ3n) is 0.540. The van der Waals surface area contributed by atoms with E-state index in [1.54, 1.807) is 0 Å². The minimum atomic E-state index is -0.125. The number of hydrogen-bond donors (Lipinski definition) is 3. The molecule has 0 aliphatic carbocycles. The van der Waals surface area contributed by atoms with Crippen LogP contribution in [0, 0.1) is 0 Å². The number of rotatable bonds is 4. The first-order chi connectivity index (χ1) is 4.83. The van der Waals surface area contributed by atoms with E-state index in [1.807, 2.05) is 6.92 Å². The van der Waals surface area contributed by atoms with E-state index in [-0.39, 0.29) is 71.6 Å². The molecule has 0 radical (unpaired) electrons. The van der Waals surface area contributed by atoms with Gasteiger partial charge in [-0.3, -0.25) is 0 Å². The molecule has 0 saturated heterocycles. The van der Waals surface area contributed by atoms with Crippen LogP contribution in [0.25, 0.3) is 0 Å². The average Bonchev–Trinajstić information content (AvgIpc) is 2.01. The molecule has 11 heavy (non-hydrogen) atoms. The molecule has 0 atom stereocenters. The van der Waals surface area contributed by atoms with E-state index in [9.17, 15) is 0 Å². The molecule has 0 unspecified atom stereocenters. The smallest absolute Gasteiger partial charge is 1.00 e. The van der Waals surface area contributed by atoms with Crippen LogP contribution in [0.15, 0.2) is 0 Å². The SMILES string of the molecule is CCOCCO.OCCO.[Ba+2].[H-].[H-]. The van der Waals surface area contributed by atoms with E-state index in [0.717, 1.165) is 0 Å². The summed E-state index contributed by atoms with van der Waals surface area (Å²) in [6.07, 6.45) is 0. The minimum absolute atomic E-state index is 0. The second kappa shape index (κ2) is 22.5. The molecule has 0 fully saturated rings. The van der Waals surface area contributed by atoms with Gasteiger partial charge in [0.25, 0.3) is 0 Å². The molecule has 0 rings (SSSR count). The summed E-state index contributed by atoms with van der Waals surface area (Å²) < 4.78 is 4.73. The average molecular weight is 292 g/mol. The van der Waals surface area contributed by atoms with Crippen molar-refractivity contribution < 1.29 is 22.9 Å². The zero-order valence-corrected chi connectivity index (χ0v) is 11.4. The molecule has 0 aromatic heterocycles. The summed E-state index contributed by atoms with van der Waals surface area (Å²) in [5.74, 6) is 0. The summed E-state index contributed by atoms with van der Waals surface area (Å²) in [6.45, 7) is 2.94. The fraction of sp³-hybridized carbons (Fsp3) is 1.00. The van der Waals surface area contributed by atoms with E-state index in [4.69, 9.17) is 20.1 Å². The second-order valence-corrected chi connectivity index (χ2v) is 1.37. The predicted octanol–water partition coefficient (Wildman–Crippen LogP) is -1.17. The Kier molecular flexibility index (Phi) is 37.4. The van der Waals surface area contributed by atoms with Crippen molar-refractivity contribution in [2.45, 2.75) is 6.92 Å². The first-order valence-corrected chi connectivity index (χ1v) is 3.23. The Labute approximate surface area is 111 Å². The Morgan fingerprint density at radius 2 is 1.55 bits per heavy atom. The first-order valence-electron chi connectivity index (χ1n) is 3.23. The van der Waals surface area contributed by atoms with Crippen LogP contribution in [0.2, 0.25) is 0 Å². The molecule has 0 aliphatic rings. The second-order valence-electron chi connectivity index (χ2n) is 1.37.